The van der Waals surface area contributed by atoms with Crippen LogP contribution in [0, 0.1) is 0 Å². The largest absolute Gasteiger partial charge is 0.378 e. The Hall–Kier alpha value is -2.00. The van der Waals surface area contributed by atoms with Gasteiger partial charge in [0.1, 0.15) is 0 Å². The summed E-state index contributed by atoms with van der Waals surface area (Å²) >= 11 is 5.95. The summed E-state index contributed by atoms with van der Waals surface area (Å²) < 4.78 is 0. The molecule has 0 saturated heterocycles. The highest BCUT2D eigenvalue weighted by atomic mass is 35.5. The second-order valence-corrected chi connectivity index (χ2v) is 7.13. The third kappa shape index (κ3) is 3.90. The lowest BCUT2D eigenvalue weighted by molar-refractivity contribution is -0.122. The molecule has 0 unspecified atom stereocenters. The number of amides is 1. The monoisotopic (exact) mass is 342 g/mol. The highest BCUT2D eigenvalue weighted by Gasteiger charge is 2.45. The van der Waals surface area contributed by atoms with Crippen LogP contribution in [0.15, 0.2) is 48.5 Å². The third-order valence-electron chi connectivity index (χ3n) is 4.62. The Labute approximate surface area is 148 Å². The standard InChI is InChI=1S/C20H23ClN2O/c1-23(2)18-10-3-15(4-11-18)5-12-19(24)22-20(13-14-20)16-6-8-17(21)9-7-16/h3-4,6-11H,5,12-14H2,1-2H3,(H,22,24). The molecule has 0 radical (unpaired) electrons. The predicted octanol–water partition coefficient (Wildman–Crippen LogP) is 4.14. The van der Waals surface area contributed by atoms with Crippen molar-refractivity contribution in [3.05, 3.63) is 64.7 Å². The van der Waals surface area contributed by atoms with Crippen molar-refractivity contribution in [2.24, 2.45) is 0 Å². The molecule has 0 atom stereocenters. The van der Waals surface area contributed by atoms with Gasteiger partial charge in [-0.15, -0.1) is 0 Å². The maximum Gasteiger partial charge on any atom is 0.221 e. The van der Waals surface area contributed by atoms with Gasteiger partial charge in [0.15, 0.2) is 0 Å². The first-order valence-electron chi connectivity index (χ1n) is 8.32. The molecule has 3 nitrogen and oxygen atoms in total. The van der Waals surface area contributed by atoms with Gasteiger partial charge in [0, 0.05) is 31.2 Å². The average Bonchev–Trinajstić information content (AvgIpc) is 3.34. The van der Waals surface area contributed by atoms with Crippen molar-refractivity contribution < 1.29 is 4.79 Å². The molecule has 24 heavy (non-hydrogen) atoms. The molecule has 4 heteroatoms. The summed E-state index contributed by atoms with van der Waals surface area (Å²) in [5.41, 5.74) is 3.33. The van der Waals surface area contributed by atoms with Gasteiger partial charge in [-0.25, -0.2) is 0 Å². The van der Waals surface area contributed by atoms with E-state index in [-0.39, 0.29) is 11.4 Å². The zero-order chi connectivity index (χ0) is 17.2. The van der Waals surface area contributed by atoms with E-state index in [0.717, 1.165) is 29.8 Å². The fraction of sp³-hybridized carbons (Fsp3) is 0.350. The third-order valence-corrected chi connectivity index (χ3v) is 4.87. The molecule has 0 heterocycles. The summed E-state index contributed by atoms with van der Waals surface area (Å²) in [6.45, 7) is 0. The van der Waals surface area contributed by atoms with Crippen molar-refractivity contribution in [1.29, 1.82) is 0 Å². The Kier molecular flexibility index (Phi) is 4.81. The smallest absolute Gasteiger partial charge is 0.221 e. The zero-order valence-corrected chi connectivity index (χ0v) is 14.9. The van der Waals surface area contributed by atoms with Crippen LogP contribution in [0.5, 0.6) is 0 Å². The van der Waals surface area contributed by atoms with Crippen LogP contribution in [0.3, 0.4) is 0 Å². The van der Waals surface area contributed by atoms with Gasteiger partial charge < -0.3 is 10.2 Å². The number of carbonyl (C=O) groups excluding carboxylic acids is 1. The first kappa shape index (κ1) is 16.8. The average molecular weight is 343 g/mol. The van der Waals surface area contributed by atoms with Crippen LogP contribution in [0.25, 0.3) is 0 Å². The first-order chi connectivity index (χ1) is 11.5. The summed E-state index contributed by atoms with van der Waals surface area (Å²) in [5.74, 6) is 0.110. The van der Waals surface area contributed by atoms with E-state index in [4.69, 9.17) is 11.6 Å². The zero-order valence-electron chi connectivity index (χ0n) is 14.2. The van der Waals surface area contributed by atoms with Crippen molar-refractivity contribution in [2.45, 2.75) is 31.2 Å². The van der Waals surface area contributed by atoms with Gasteiger partial charge in [0.2, 0.25) is 5.91 Å². The lowest BCUT2D eigenvalue weighted by Gasteiger charge is -2.18. The number of anilines is 1. The quantitative estimate of drug-likeness (QED) is 0.855. The normalized spacial score (nSPS) is 15.0. The molecule has 0 aromatic heterocycles. The van der Waals surface area contributed by atoms with Crippen LogP contribution in [0.4, 0.5) is 5.69 Å². The van der Waals surface area contributed by atoms with Crippen LogP contribution in [-0.4, -0.2) is 20.0 Å². The Bertz CT molecular complexity index is 703. The molecule has 126 valence electrons. The fourth-order valence-corrected chi connectivity index (χ4v) is 3.05. The van der Waals surface area contributed by atoms with Crippen molar-refractivity contribution in [1.82, 2.24) is 5.32 Å². The number of hydrogen-bond acceptors (Lipinski definition) is 2. The van der Waals surface area contributed by atoms with E-state index in [0.29, 0.717) is 6.42 Å². The number of carbonyl (C=O) groups is 1. The van der Waals surface area contributed by atoms with Gasteiger partial charge in [0.25, 0.3) is 0 Å². The van der Waals surface area contributed by atoms with Crippen LogP contribution in [0.1, 0.15) is 30.4 Å². The van der Waals surface area contributed by atoms with Gasteiger partial charge >= 0.3 is 0 Å². The minimum absolute atomic E-state index is 0.110. The molecule has 1 fully saturated rings. The minimum atomic E-state index is -0.170. The fourth-order valence-electron chi connectivity index (χ4n) is 2.93. The molecule has 0 spiro atoms. The highest BCUT2D eigenvalue weighted by molar-refractivity contribution is 6.30. The molecule has 2 aromatic carbocycles. The second kappa shape index (κ2) is 6.86. The number of halogens is 1. The second-order valence-electron chi connectivity index (χ2n) is 6.70. The molecule has 1 amide bonds. The van der Waals surface area contributed by atoms with Gasteiger partial charge in [-0.05, 0) is 54.7 Å². The van der Waals surface area contributed by atoms with Crippen molar-refractivity contribution in [3.63, 3.8) is 0 Å². The number of hydrogen-bond donors (Lipinski definition) is 1. The van der Waals surface area contributed by atoms with E-state index in [9.17, 15) is 4.79 Å². The molecule has 1 saturated carbocycles. The Balaban J connectivity index is 1.55. The van der Waals surface area contributed by atoms with E-state index in [2.05, 4.69) is 34.5 Å². The molecular weight excluding hydrogens is 320 g/mol. The van der Waals surface area contributed by atoms with Crippen molar-refractivity contribution >= 4 is 23.2 Å². The van der Waals surface area contributed by atoms with Gasteiger partial charge in [-0.3, -0.25) is 4.79 Å². The molecule has 0 bridgehead atoms. The maximum atomic E-state index is 12.3. The summed E-state index contributed by atoms with van der Waals surface area (Å²) in [7, 11) is 4.04. The van der Waals surface area contributed by atoms with Gasteiger partial charge in [-0.2, -0.15) is 0 Å². The number of nitrogens with zero attached hydrogens (tertiary/aromatic N) is 1. The molecule has 3 rings (SSSR count). The Morgan fingerprint density at radius 3 is 2.25 bits per heavy atom. The first-order valence-corrected chi connectivity index (χ1v) is 8.70. The van der Waals surface area contributed by atoms with Crippen molar-refractivity contribution in [3.8, 4) is 0 Å². The van der Waals surface area contributed by atoms with Crippen LogP contribution < -0.4 is 10.2 Å². The SMILES string of the molecule is CN(C)c1ccc(CCC(=O)NC2(c3ccc(Cl)cc3)CC2)cc1. The highest BCUT2D eigenvalue weighted by Crippen LogP contribution is 2.45. The van der Waals surface area contributed by atoms with Crippen LogP contribution in [0.2, 0.25) is 5.02 Å². The lowest BCUT2D eigenvalue weighted by Crippen LogP contribution is -2.34. The number of aryl methyl sites for hydroxylation is 1. The number of nitrogens with one attached hydrogen (secondary N) is 1. The van der Waals surface area contributed by atoms with Gasteiger partial charge in [0.05, 0.1) is 5.54 Å². The Morgan fingerprint density at radius 2 is 1.71 bits per heavy atom. The molecule has 1 aliphatic rings. The molecular formula is C20H23ClN2O. The van der Waals surface area contributed by atoms with Crippen LogP contribution in [-0.2, 0) is 16.8 Å². The summed E-state index contributed by atoms with van der Waals surface area (Å²) in [6.07, 6.45) is 3.27. The van der Waals surface area contributed by atoms with E-state index >= 15 is 0 Å². The van der Waals surface area contributed by atoms with E-state index in [1.807, 2.05) is 38.4 Å². The molecule has 0 aliphatic heterocycles. The maximum absolute atomic E-state index is 12.3. The van der Waals surface area contributed by atoms with Crippen LogP contribution >= 0.6 is 11.6 Å². The number of rotatable bonds is 6. The summed E-state index contributed by atoms with van der Waals surface area (Å²) in [5, 5.41) is 3.94. The van der Waals surface area contributed by atoms with E-state index in [1.54, 1.807) is 0 Å². The minimum Gasteiger partial charge on any atom is -0.378 e. The van der Waals surface area contributed by atoms with Gasteiger partial charge in [-0.1, -0.05) is 35.9 Å². The molecule has 1 aliphatic carbocycles. The number of benzene rings is 2. The van der Waals surface area contributed by atoms with E-state index < -0.39 is 0 Å². The lowest BCUT2D eigenvalue weighted by atomic mass is 10.0. The predicted molar refractivity (Wildman–Crippen MR) is 99.6 cm³/mol. The molecule has 2 aromatic rings. The molecule has 1 N–H and O–H groups in total. The topological polar surface area (TPSA) is 32.3 Å². The van der Waals surface area contributed by atoms with Crippen molar-refractivity contribution in [2.75, 3.05) is 19.0 Å². The Morgan fingerprint density at radius 1 is 1.08 bits per heavy atom. The summed E-state index contributed by atoms with van der Waals surface area (Å²) in [4.78, 5) is 14.4. The van der Waals surface area contributed by atoms with E-state index in [1.165, 1.54) is 11.3 Å². The summed E-state index contributed by atoms with van der Waals surface area (Å²) in [6, 6.07) is 16.1.